The molecule has 2 heterocycles. The molecule has 0 saturated carbocycles. The maximum absolute atomic E-state index is 10.9. The fourth-order valence-electron chi connectivity index (χ4n) is 2.25. The van der Waals surface area contributed by atoms with Gasteiger partial charge < -0.3 is 5.32 Å². The molecule has 0 bridgehead atoms. The molecule has 1 N–H and O–H groups in total. The van der Waals surface area contributed by atoms with Gasteiger partial charge in [0.2, 0.25) is 5.91 Å². The van der Waals surface area contributed by atoms with Crippen LogP contribution in [0.2, 0.25) is 0 Å². The SMILES string of the molecule is CC(=O)Nc1ccc(C2=CCN(C(C)C)CC2)cn1. The van der Waals surface area contributed by atoms with Crippen LogP contribution in [0.5, 0.6) is 0 Å². The molecule has 1 aliphatic rings. The number of amides is 1. The van der Waals surface area contributed by atoms with Gasteiger partial charge in [-0.15, -0.1) is 0 Å². The van der Waals surface area contributed by atoms with Crippen LogP contribution in [0.4, 0.5) is 5.82 Å². The van der Waals surface area contributed by atoms with Crippen molar-refractivity contribution in [2.24, 2.45) is 0 Å². The number of pyridine rings is 1. The van der Waals surface area contributed by atoms with E-state index in [9.17, 15) is 4.79 Å². The Bertz CT molecular complexity index is 477. The van der Waals surface area contributed by atoms with Crippen molar-refractivity contribution in [3.63, 3.8) is 0 Å². The number of nitrogens with one attached hydrogen (secondary N) is 1. The van der Waals surface area contributed by atoms with Crippen LogP contribution in [0, 0.1) is 0 Å². The van der Waals surface area contributed by atoms with E-state index in [4.69, 9.17) is 0 Å². The lowest BCUT2D eigenvalue weighted by Crippen LogP contribution is -2.34. The van der Waals surface area contributed by atoms with Crippen LogP contribution in [-0.4, -0.2) is 34.9 Å². The molecule has 0 spiro atoms. The first-order valence-corrected chi connectivity index (χ1v) is 6.73. The third kappa shape index (κ3) is 3.64. The van der Waals surface area contributed by atoms with Gasteiger partial charge in [0.25, 0.3) is 0 Å². The number of anilines is 1. The molecule has 0 aliphatic carbocycles. The predicted molar refractivity (Wildman–Crippen MR) is 77.8 cm³/mol. The number of hydrogen-bond donors (Lipinski definition) is 1. The molecular formula is C15H21N3O. The van der Waals surface area contributed by atoms with E-state index >= 15 is 0 Å². The van der Waals surface area contributed by atoms with Crippen molar-refractivity contribution in [1.29, 1.82) is 0 Å². The third-order valence-electron chi connectivity index (χ3n) is 3.41. The van der Waals surface area contributed by atoms with Gasteiger partial charge in [-0.3, -0.25) is 9.69 Å². The van der Waals surface area contributed by atoms with E-state index in [0.717, 1.165) is 25.1 Å². The smallest absolute Gasteiger partial charge is 0.222 e. The zero-order valence-electron chi connectivity index (χ0n) is 11.8. The normalized spacial score (nSPS) is 16.3. The monoisotopic (exact) mass is 259 g/mol. The molecular weight excluding hydrogens is 238 g/mol. The predicted octanol–water partition coefficient (Wildman–Crippen LogP) is 2.54. The van der Waals surface area contributed by atoms with Crippen LogP contribution in [0.3, 0.4) is 0 Å². The minimum Gasteiger partial charge on any atom is -0.311 e. The molecule has 1 amide bonds. The Morgan fingerprint density at radius 3 is 2.68 bits per heavy atom. The Labute approximate surface area is 114 Å². The minimum absolute atomic E-state index is 0.0929. The molecule has 1 aromatic heterocycles. The Morgan fingerprint density at radius 2 is 2.21 bits per heavy atom. The Kier molecular flexibility index (Phi) is 4.32. The lowest BCUT2D eigenvalue weighted by atomic mass is 10.0. The fraction of sp³-hybridized carbons (Fsp3) is 0.467. The first-order valence-electron chi connectivity index (χ1n) is 6.73. The second kappa shape index (κ2) is 5.97. The van der Waals surface area contributed by atoms with E-state index in [1.54, 1.807) is 0 Å². The van der Waals surface area contributed by atoms with Crippen LogP contribution in [0.15, 0.2) is 24.4 Å². The molecule has 4 heteroatoms. The van der Waals surface area contributed by atoms with E-state index in [0.29, 0.717) is 11.9 Å². The van der Waals surface area contributed by atoms with Crippen LogP contribution in [-0.2, 0) is 4.79 Å². The first kappa shape index (κ1) is 13.7. The van der Waals surface area contributed by atoms with Crippen molar-refractivity contribution < 1.29 is 4.79 Å². The molecule has 0 fully saturated rings. The van der Waals surface area contributed by atoms with E-state index < -0.39 is 0 Å². The van der Waals surface area contributed by atoms with Crippen LogP contribution < -0.4 is 5.32 Å². The molecule has 19 heavy (non-hydrogen) atoms. The fourth-order valence-corrected chi connectivity index (χ4v) is 2.25. The molecule has 0 unspecified atom stereocenters. The highest BCUT2D eigenvalue weighted by atomic mass is 16.1. The van der Waals surface area contributed by atoms with Gasteiger partial charge in [-0.25, -0.2) is 4.98 Å². The van der Waals surface area contributed by atoms with Crippen LogP contribution in [0.25, 0.3) is 5.57 Å². The molecule has 0 saturated heterocycles. The maximum atomic E-state index is 10.9. The van der Waals surface area contributed by atoms with Crippen molar-refractivity contribution in [2.45, 2.75) is 33.2 Å². The number of carbonyl (C=O) groups excluding carboxylic acids is 1. The largest absolute Gasteiger partial charge is 0.311 e. The summed E-state index contributed by atoms with van der Waals surface area (Å²) in [5.74, 6) is 0.515. The quantitative estimate of drug-likeness (QED) is 0.907. The van der Waals surface area contributed by atoms with E-state index in [2.05, 4.69) is 35.1 Å². The van der Waals surface area contributed by atoms with E-state index in [-0.39, 0.29) is 5.91 Å². The summed E-state index contributed by atoms with van der Waals surface area (Å²) in [6.45, 7) is 8.03. The van der Waals surface area contributed by atoms with Gasteiger partial charge in [0.05, 0.1) is 0 Å². The van der Waals surface area contributed by atoms with E-state index in [1.807, 2.05) is 18.3 Å². The average molecular weight is 259 g/mol. The van der Waals surface area contributed by atoms with Gasteiger partial charge in [0.1, 0.15) is 5.82 Å². The van der Waals surface area contributed by atoms with E-state index in [1.165, 1.54) is 12.5 Å². The Hall–Kier alpha value is -1.68. The molecule has 1 aliphatic heterocycles. The highest BCUT2D eigenvalue weighted by molar-refractivity contribution is 5.87. The first-order chi connectivity index (χ1) is 9.06. The van der Waals surface area contributed by atoms with Crippen LogP contribution >= 0.6 is 0 Å². The summed E-state index contributed by atoms with van der Waals surface area (Å²) in [5, 5.41) is 2.68. The molecule has 0 atom stereocenters. The molecule has 1 aromatic rings. The summed E-state index contributed by atoms with van der Waals surface area (Å²) in [6.07, 6.45) is 5.17. The second-order valence-electron chi connectivity index (χ2n) is 5.18. The van der Waals surface area contributed by atoms with Gasteiger partial charge in [-0.05, 0) is 43.5 Å². The summed E-state index contributed by atoms with van der Waals surface area (Å²) in [7, 11) is 0. The zero-order valence-corrected chi connectivity index (χ0v) is 11.8. The minimum atomic E-state index is -0.0929. The van der Waals surface area contributed by atoms with Crippen molar-refractivity contribution in [3.05, 3.63) is 30.0 Å². The summed E-state index contributed by atoms with van der Waals surface area (Å²) in [5.41, 5.74) is 2.50. The van der Waals surface area contributed by atoms with Crippen molar-refractivity contribution in [3.8, 4) is 0 Å². The molecule has 4 nitrogen and oxygen atoms in total. The lowest BCUT2D eigenvalue weighted by Gasteiger charge is -2.29. The average Bonchev–Trinajstić information content (AvgIpc) is 2.39. The highest BCUT2D eigenvalue weighted by Gasteiger charge is 2.15. The summed E-state index contributed by atoms with van der Waals surface area (Å²) >= 11 is 0. The van der Waals surface area contributed by atoms with Gasteiger partial charge >= 0.3 is 0 Å². The maximum Gasteiger partial charge on any atom is 0.222 e. The zero-order chi connectivity index (χ0) is 13.8. The van der Waals surface area contributed by atoms with Crippen molar-refractivity contribution in [2.75, 3.05) is 18.4 Å². The van der Waals surface area contributed by atoms with Gasteiger partial charge in [-0.2, -0.15) is 0 Å². The second-order valence-corrected chi connectivity index (χ2v) is 5.18. The Morgan fingerprint density at radius 1 is 1.42 bits per heavy atom. The number of carbonyl (C=O) groups is 1. The van der Waals surface area contributed by atoms with Gasteiger partial charge in [-0.1, -0.05) is 6.08 Å². The summed E-state index contributed by atoms with van der Waals surface area (Å²) < 4.78 is 0. The number of nitrogens with zero attached hydrogens (tertiary/aromatic N) is 2. The Balaban J connectivity index is 2.05. The molecule has 102 valence electrons. The third-order valence-corrected chi connectivity index (χ3v) is 3.41. The summed E-state index contributed by atoms with van der Waals surface area (Å²) in [4.78, 5) is 17.6. The number of hydrogen-bond acceptors (Lipinski definition) is 3. The molecule has 2 rings (SSSR count). The molecule has 0 aromatic carbocycles. The highest BCUT2D eigenvalue weighted by Crippen LogP contribution is 2.23. The molecule has 0 radical (unpaired) electrons. The standard InChI is InChI=1S/C15H21N3O/c1-11(2)18-8-6-13(7-9-18)14-4-5-15(16-10-14)17-12(3)19/h4-6,10-11H,7-9H2,1-3H3,(H,16,17,19). The number of rotatable bonds is 3. The lowest BCUT2D eigenvalue weighted by molar-refractivity contribution is -0.114. The van der Waals surface area contributed by atoms with Crippen molar-refractivity contribution >= 4 is 17.3 Å². The van der Waals surface area contributed by atoms with Crippen LogP contribution in [0.1, 0.15) is 32.8 Å². The topological polar surface area (TPSA) is 45.2 Å². The van der Waals surface area contributed by atoms with Gasteiger partial charge in [0.15, 0.2) is 0 Å². The van der Waals surface area contributed by atoms with Gasteiger partial charge in [0, 0.05) is 32.3 Å². The number of aromatic nitrogens is 1. The van der Waals surface area contributed by atoms with Crippen molar-refractivity contribution in [1.82, 2.24) is 9.88 Å². The summed E-state index contributed by atoms with van der Waals surface area (Å²) in [6, 6.07) is 4.47.